The number of amides is 1. The van der Waals surface area contributed by atoms with Crippen LogP contribution in [0.1, 0.15) is 25.4 Å². The summed E-state index contributed by atoms with van der Waals surface area (Å²) in [5, 5.41) is 9.09. The van der Waals surface area contributed by atoms with Crippen LogP contribution in [-0.4, -0.2) is 28.9 Å². The molecule has 104 valence electrons. The Morgan fingerprint density at radius 2 is 2.00 bits per heavy atom. The van der Waals surface area contributed by atoms with Crippen LogP contribution in [0.2, 0.25) is 0 Å². The lowest BCUT2D eigenvalue weighted by Crippen LogP contribution is -2.29. The maximum atomic E-state index is 12.3. The second-order valence-electron chi connectivity index (χ2n) is 5.82. The van der Waals surface area contributed by atoms with Gasteiger partial charge in [-0.25, -0.2) is 0 Å². The molecule has 5 heteroatoms. The van der Waals surface area contributed by atoms with E-state index in [9.17, 15) is 9.59 Å². The van der Waals surface area contributed by atoms with Crippen molar-refractivity contribution in [1.82, 2.24) is 4.90 Å². The third-order valence-corrected chi connectivity index (χ3v) is 3.92. The van der Waals surface area contributed by atoms with Crippen LogP contribution in [-0.2, 0) is 16.1 Å². The van der Waals surface area contributed by atoms with Gasteiger partial charge in [-0.05, 0) is 24.5 Å². The topological polar surface area (TPSA) is 70.8 Å². The van der Waals surface area contributed by atoms with Crippen LogP contribution < -0.4 is 0 Å². The average Bonchev–Trinajstić information content (AvgIpc) is 2.63. The Morgan fingerprint density at radius 1 is 1.37 bits per heavy atom. The maximum Gasteiger partial charge on any atom is 0.307 e. The van der Waals surface area contributed by atoms with Gasteiger partial charge < -0.3 is 14.4 Å². The van der Waals surface area contributed by atoms with E-state index in [1.807, 2.05) is 32.9 Å². The summed E-state index contributed by atoms with van der Waals surface area (Å²) in [7, 11) is 1.67. The molecule has 5 nitrogen and oxygen atoms in total. The molecule has 2 atom stereocenters. The van der Waals surface area contributed by atoms with E-state index in [1.165, 1.54) is 4.90 Å². The van der Waals surface area contributed by atoms with Gasteiger partial charge in [-0.15, -0.1) is 0 Å². The summed E-state index contributed by atoms with van der Waals surface area (Å²) in [4.78, 5) is 24.9. The molecule has 0 unspecified atom stereocenters. The molecule has 0 saturated heterocycles. The second-order valence-corrected chi connectivity index (χ2v) is 5.82. The molecule has 0 aromatic carbocycles. The SMILES string of the molecule is Cc1ccc(CN(C)C(=O)[C@@H]2[C@H](C(=O)O)C2(C)C)o1. The van der Waals surface area contributed by atoms with Gasteiger partial charge >= 0.3 is 5.97 Å². The highest BCUT2D eigenvalue weighted by Gasteiger charge is 2.66. The van der Waals surface area contributed by atoms with Crippen molar-refractivity contribution < 1.29 is 19.1 Å². The molecule has 1 amide bonds. The molecule has 19 heavy (non-hydrogen) atoms. The van der Waals surface area contributed by atoms with Gasteiger partial charge in [0.15, 0.2) is 0 Å². The number of aryl methyl sites for hydroxylation is 1. The van der Waals surface area contributed by atoms with Crippen molar-refractivity contribution in [3.05, 3.63) is 23.7 Å². The maximum absolute atomic E-state index is 12.3. The molecule has 1 aromatic rings. The summed E-state index contributed by atoms with van der Waals surface area (Å²) in [5.41, 5.74) is -0.462. The molecular weight excluding hydrogens is 246 g/mol. The van der Waals surface area contributed by atoms with E-state index in [2.05, 4.69) is 0 Å². The molecule has 0 spiro atoms. The van der Waals surface area contributed by atoms with Crippen molar-refractivity contribution in [2.75, 3.05) is 7.05 Å². The van der Waals surface area contributed by atoms with E-state index >= 15 is 0 Å². The molecule has 0 bridgehead atoms. The molecule has 1 aromatic heterocycles. The smallest absolute Gasteiger partial charge is 0.307 e. The predicted molar refractivity (Wildman–Crippen MR) is 68.3 cm³/mol. The van der Waals surface area contributed by atoms with Crippen LogP contribution in [0.15, 0.2) is 16.5 Å². The van der Waals surface area contributed by atoms with Gasteiger partial charge in [0.25, 0.3) is 0 Å². The average molecular weight is 265 g/mol. The number of carboxylic acid groups (broad SMARTS) is 1. The molecule has 1 aliphatic carbocycles. The van der Waals surface area contributed by atoms with Crippen molar-refractivity contribution >= 4 is 11.9 Å². The number of furan rings is 1. The largest absolute Gasteiger partial charge is 0.481 e. The van der Waals surface area contributed by atoms with Gasteiger partial charge in [-0.3, -0.25) is 9.59 Å². The van der Waals surface area contributed by atoms with Gasteiger partial charge in [0.1, 0.15) is 11.5 Å². The third kappa shape index (κ3) is 2.37. The molecule has 1 N–H and O–H groups in total. The highest BCUT2D eigenvalue weighted by atomic mass is 16.4. The number of carbonyl (C=O) groups excluding carboxylic acids is 1. The van der Waals surface area contributed by atoms with Crippen LogP contribution in [0, 0.1) is 24.2 Å². The van der Waals surface area contributed by atoms with E-state index in [0.717, 1.165) is 5.76 Å². The minimum absolute atomic E-state index is 0.133. The van der Waals surface area contributed by atoms with Gasteiger partial charge in [0, 0.05) is 7.05 Å². The van der Waals surface area contributed by atoms with E-state index in [4.69, 9.17) is 9.52 Å². The minimum Gasteiger partial charge on any atom is -0.481 e. The lowest BCUT2D eigenvalue weighted by atomic mass is 10.1. The zero-order valence-electron chi connectivity index (χ0n) is 11.6. The lowest BCUT2D eigenvalue weighted by molar-refractivity contribution is -0.141. The Morgan fingerprint density at radius 3 is 2.42 bits per heavy atom. The molecule has 1 heterocycles. The minimum atomic E-state index is -0.898. The Balaban J connectivity index is 2.03. The van der Waals surface area contributed by atoms with Crippen molar-refractivity contribution in [2.24, 2.45) is 17.3 Å². The number of carbonyl (C=O) groups is 2. The number of aliphatic carboxylic acids is 1. The first-order chi connectivity index (χ1) is 8.75. The van der Waals surface area contributed by atoms with Crippen molar-refractivity contribution in [3.8, 4) is 0 Å². The summed E-state index contributed by atoms with van der Waals surface area (Å²) >= 11 is 0. The first kappa shape index (κ1) is 13.6. The van der Waals surface area contributed by atoms with Crippen LogP contribution >= 0.6 is 0 Å². The number of hydrogen-bond acceptors (Lipinski definition) is 3. The fourth-order valence-corrected chi connectivity index (χ4v) is 2.68. The monoisotopic (exact) mass is 265 g/mol. The Bertz CT molecular complexity index is 517. The summed E-state index contributed by atoms with van der Waals surface area (Å²) in [5.74, 6) is -0.548. The predicted octanol–water partition coefficient (Wildman–Crippen LogP) is 1.90. The van der Waals surface area contributed by atoms with Crippen LogP contribution in [0.3, 0.4) is 0 Å². The highest BCUT2D eigenvalue weighted by Crippen LogP contribution is 2.58. The Labute approximate surface area is 112 Å². The molecule has 1 fully saturated rings. The summed E-state index contributed by atoms with van der Waals surface area (Å²) < 4.78 is 5.42. The molecule has 0 aliphatic heterocycles. The first-order valence-corrected chi connectivity index (χ1v) is 6.28. The standard InChI is InChI=1S/C14H19NO4/c1-8-5-6-9(19-8)7-15(4)12(16)10-11(13(17)18)14(10,2)3/h5-6,10-11H,7H2,1-4H3,(H,17,18)/t10-,11+/m0/s1. The van der Waals surface area contributed by atoms with Crippen molar-refractivity contribution in [2.45, 2.75) is 27.3 Å². The highest BCUT2D eigenvalue weighted by molar-refractivity contribution is 5.91. The molecule has 1 saturated carbocycles. The first-order valence-electron chi connectivity index (χ1n) is 6.28. The summed E-state index contributed by atoms with van der Waals surface area (Å²) in [6.07, 6.45) is 0. The quantitative estimate of drug-likeness (QED) is 0.902. The normalized spacial score (nSPS) is 24.0. The second kappa shape index (κ2) is 4.40. The van der Waals surface area contributed by atoms with Crippen LogP contribution in [0.25, 0.3) is 0 Å². The Kier molecular flexibility index (Phi) is 3.16. The van der Waals surface area contributed by atoms with Gasteiger partial charge in [-0.1, -0.05) is 13.8 Å². The van der Waals surface area contributed by atoms with Crippen molar-refractivity contribution in [3.63, 3.8) is 0 Å². The van der Waals surface area contributed by atoms with Crippen molar-refractivity contribution in [1.29, 1.82) is 0 Å². The summed E-state index contributed by atoms with van der Waals surface area (Å²) in [6.45, 7) is 5.85. The number of carboxylic acids is 1. The van der Waals surface area contributed by atoms with E-state index < -0.39 is 23.2 Å². The molecular formula is C14H19NO4. The molecule has 2 rings (SSSR count). The van der Waals surface area contributed by atoms with E-state index in [0.29, 0.717) is 12.3 Å². The molecule has 1 aliphatic rings. The number of nitrogens with zero attached hydrogens (tertiary/aromatic N) is 1. The Hall–Kier alpha value is -1.78. The van der Waals surface area contributed by atoms with Gasteiger partial charge in [0.05, 0.1) is 18.4 Å². The van der Waals surface area contributed by atoms with Gasteiger partial charge in [0.2, 0.25) is 5.91 Å². The van der Waals surface area contributed by atoms with Crippen LogP contribution in [0.5, 0.6) is 0 Å². The van der Waals surface area contributed by atoms with E-state index in [1.54, 1.807) is 7.05 Å². The fourth-order valence-electron chi connectivity index (χ4n) is 2.68. The number of hydrogen-bond donors (Lipinski definition) is 1. The van der Waals surface area contributed by atoms with Gasteiger partial charge in [-0.2, -0.15) is 0 Å². The molecule has 0 radical (unpaired) electrons. The zero-order chi connectivity index (χ0) is 14.4. The van der Waals surface area contributed by atoms with Crippen LogP contribution in [0.4, 0.5) is 0 Å². The van der Waals surface area contributed by atoms with E-state index in [-0.39, 0.29) is 5.91 Å². The lowest BCUT2D eigenvalue weighted by Gasteiger charge is -2.16. The zero-order valence-corrected chi connectivity index (χ0v) is 11.6. The number of rotatable bonds is 4. The summed E-state index contributed by atoms with van der Waals surface area (Å²) in [6, 6.07) is 3.67. The fraction of sp³-hybridized carbons (Fsp3) is 0.571. The third-order valence-electron chi connectivity index (χ3n) is 3.92.